The molecule has 0 bridgehead atoms. The van der Waals surface area contributed by atoms with Crippen LogP contribution in [0.1, 0.15) is 5.56 Å². The molecule has 0 amide bonds. The lowest BCUT2D eigenvalue weighted by Gasteiger charge is -2.28. The summed E-state index contributed by atoms with van der Waals surface area (Å²) in [6.45, 7) is 4.64. The Bertz CT molecular complexity index is 819. The predicted octanol–water partition coefficient (Wildman–Crippen LogP) is 2.68. The standard InChI is InChI=1S/C16H18ClN3O3S/c1-12-14(17)3-2-4-15(12)24(21,22)19-16-6-5-13(11-18-16)20-7-9-23-10-8-20/h2-6,11H,7-10H2,1H3,(H,18,19). The van der Waals surface area contributed by atoms with E-state index in [2.05, 4.69) is 14.6 Å². The highest BCUT2D eigenvalue weighted by molar-refractivity contribution is 7.92. The van der Waals surface area contributed by atoms with E-state index in [0.29, 0.717) is 23.8 Å². The summed E-state index contributed by atoms with van der Waals surface area (Å²) in [5, 5.41) is 0.411. The van der Waals surface area contributed by atoms with Crippen molar-refractivity contribution in [2.24, 2.45) is 0 Å². The number of nitrogens with one attached hydrogen (secondary N) is 1. The minimum absolute atomic E-state index is 0.147. The average molecular weight is 368 g/mol. The number of morpholine rings is 1. The van der Waals surface area contributed by atoms with Gasteiger partial charge in [-0.05, 0) is 36.8 Å². The van der Waals surface area contributed by atoms with E-state index in [-0.39, 0.29) is 10.7 Å². The molecule has 1 N–H and O–H groups in total. The van der Waals surface area contributed by atoms with Gasteiger partial charge in [0.15, 0.2) is 0 Å². The van der Waals surface area contributed by atoms with E-state index in [1.807, 2.05) is 6.07 Å². The second-order valence-corrected chi connectivity index (χ2v) is 7.53. The minimum atomic E-state index is -3.73. The van der Waals surface area contributed by atoms with Crippen molar-refractivity contribution in [1.82, 2.24) is 4.98 Å². The normalized spacial score (nSPS) is 15.3. The van der Waals surface area contributed by atoms with Crippen LogP contribution in [-0.2, 0) is 14.8 Å². The first-order valence-electron chi connectivity index (χ1n) is 7.54. The van der Waals surface area contributed by atoms with Crippen molar-refractivity contribution < 1.29 is 13.2 Å². The van der Waals surface area contributed by atoms with Crippen LogP contribution in [-0.4, -0.2) is 39.7 Å². The minimum Gasteiger partial charge on any atom is -0.378 e. The van der Waals surface area contributed by atoms with Crippen molar-refractivity contribution in [3.63, 3.8) is 0 Å². The molecule has 128 valence electrons. The smallest absolute Gasteiger partial charge is 0.263 e. The van der Waals surface area contributed by atoms with Crippen molar-refractivity contribution >= 4 is 33.1 Å². The van der Waals surface area contributed by atoms with Crippen LogP contribution < -0.4 is 9.62 Å². The summed E-state index contributed by atoms with van der Waals surface area (Å²) in [6.07, 6.45) is 1.66. The summed E-state index contributed by atoms with van der Waals surface area (Å²) in [7, 11) is -3.73. The van der Waals surface area contributed by atoms with Crippen molar-refractivity contribution in [2.45, 2.75) is 11.8 Å². The number of hydrogen-bond acceptors (Lipinski definition) is 5. The maximum atomic E-state index is 12.5. The molecule has 6 nitrogen and oxygen atoms in total. The van der Waals surface area contributed by atoms with E-state index in [0.717, 1.165) is 18.8 Å². The highest BCUT2D eigenvalue weighted by Crippen LogP contribution is 2.25. The Morgan fingerprint density at radius 3 is 2.62 bits per heavy atom. The lowest BCUT2D eigenvalue weighted by atomic mass is 10.2. The van der Waals surface area contributed by atoms with Crippen molar-refractivity contribution in [3.05, 3.63) is 47.1 Å². The molecule has 1 aliphatic heterocycles. The number of hydrogen-bond donors (Lipinski definition) is 1. The summed E-state index contributed by atoms with van der Waals surface area (Å²) in [6, 6.07) is 8.29. The highest BCUT2D eigenvalue weighted by Gasteiger charge is 2.19. The third-order valence-electron chi connectivity index (χ3n) is 3.87. The average Bonchev–Trinajstić information content (AvgIpc) is 2.58. The zero-order valence-corrected chi connectivity index (χ0v) is 14.8. The number of anilines is 2. The second-order valence-electron chi connectivity index (χ2n) is 5.47. The van der Waals surface area contributed by atoms with Gasteiger partial charge >= 0.3 is 0 Å². The molecule has 8 heteroatoms. The van der Waals surface area contributed by atoms with Gasteiger partial charge in [0.05, 0.1) is 30.0 Å². The maximum Gasteiger partial charge on any atom is 0.263 e. The van der Waals surface area contributed by atoms with Crippen LogP contribution >= 0.6 is 11.6 Å². The molecule has 1 aromatic heterocycles. The van der Waals surface area contributed by atoms with Gasteiger partial charge in [-0.3, -0.25) is 4.72 Å². The third kappa shape index (κ3) is 3.63. The first-order chi connectivity index (χ1) is 11.5. The first-order valence-corrected chi connectivity index (χ1v) is 9.40. The number of nitrogens with zero attached hydrogens (tertiary/aromatic N) is 2. The molecule has 0 saturated carbocycles. The number of halogens is 1. The highest BCUT2D eigenvalue weighted by atomic mass is 35.5. The van der Waals surface area contributed by atoms with Gasteiger partial charge in [-0.1, -0.05) is 17.7 Å². The molecule has 0 aliphatic carbocycles. The Labute approximate surface area is 146 Å². The molecule has 1 saturated heterocycles. The van der Waals surface area contributed by atoms with E-state index in [1.165, 1.54) is 6.07 Å². The van der Waals surface area contributed by atoms with Crippen LogP contribution in [0.5, 0.6) is 0 Å². The van der Waals surface area contributed by atoms with Gasteiger partial charge in [0, 0.05) is 18.1 Å². The fourth-order valence-electron chi connectivity index (χ4n) is 2.53. The summed E-state index contributed by atoms with van der Waals surface area (Å²) < 4.78 is 32.9. The molecule has 0 radical (unpaired) electrons. The monoisotopic (exact) mass is 367 g/mol. The first kappa shape index (κ1) is 17.0. The molecule has 1 fully saturated rings. The van der Waals surface area contributed by atoms with Gasteiger partial charge < -0.3 is 9.64 Å². The summed E-state index contributed by atoms with van der Waals surface area (Å²) >= 11 is 6.01. The van der Waals surface area contributed by atoms with Crippen molar-refractivity contribution in [3.8, 4) is 0 Å². The van der Waals surface area contributed by atoms with Crippen molar-refractivity contribution in [2.75, 3.05) is 35.9 Å². The quantitative estimate of drug-likeness (QED) is 0.899. The Hall–Kier alpha value is -1.83. The van der Waals surface area contributed by atoms with Crippen LogP contribution in [0.3, 0.4) is 0 Å². The Morgan fingerprint density at radius 1 is 1.21 bits per heavy atom. The zero-order chi connectivity index (χ0) is 17.2. The van der Waals surface area contributed by atoms with E-state index in [4.69, 9.17) is 16.3 Å². The molecule has 2 heterocycles. The second kappa shape index (κ2) is 6.96. The van der Waals surface area contributed by atoms with E-state index in [1.54, 1.807) is 31.3 Å². The van der Waals surface area contributed by atoms with Gasteiger partial charge in [0.25, 0.3) is 10.0 Å². The van der Waals surface area contributed by atoms with Crippen LogP contribution in [0.25, 0.3) is 0 Å². The molecule has 2 aromatic rings. The Morgan fingerprint density at radius 2 is 1.96 bits per heavy atom. The van der Waals surface area contributed by atoms with Gasteiger partial charge in [0.1, 0.15) is 5.82 Å². The number of rotatable bonds is 4. The molecule has 1 aliphatic rings. The van der Waals surface area contributed by atoms with E-state index in [9.17, 15) is 8.42 Å². The Kier molecular flexibility index (Phi) is 4.93. The maximum absolute atomic E-state index is 12.5. The fourth-order valence-corrected chi connectivity index (χ4v) is 4.03. The number of pyridine rings is 1. The fraction of sp³-hybridized carbons (Fsp3) is 0.312. The van der Waals surface area contributed by atoms with Crippen LogP contribution in [0, 0.1) is 6.92 Å². The summed E-state index contributed by atoms with van der Waals surface area (Å²) in [5.74, 6) is 0.270. The third-order valence-corrected chi connectivity index (χ3v) is 5.78. The molecule has 3 rings (SSSR count). The summed E-state index contributed by atoms with van der Waals surface area (Å²) in [5.41, 5.74) is 1.46. The predicted molar refractivity (Wildman–Crippen MR) is 94.3 cm³/mol. The van der Waals surface area contributed by atoms with Gasteiger partial charge in [-0.25, -0.2) is 13.4 Å². The molecular formula is C16H18ClN3O3S. The van der Waals surface area contributed by atoms with Gasteiger partial charge in [-0.2, -0.15) is 0 Å². The molecule has 0 unspecified atom stereocenters. The number of aromatic nitrogens is 1. The number of benzene rings is 1. The van der Waals surface area contributed by atoms with Crippen LogP contribution in [0.15, 0.2) is 41.4 Å². The molecule has 0 atom stereocenters. The van der Waals surface area contributed by atoms with Crippen LogP contribution in [0.2, 0.25) is 5.02 Å². The molecule has 0 spiro atoms. The SMILES string of the molecule is Cc1c(Cl)cccc1S(=O)(=O)Nc1ccc(N2CCOCC2)cn1. The van der Waals surface area contributed by atoms with Crippen LogP contribution in [0.4, 0.5) is 11.5 Å². The number of ether oxygens (including phenoxy) is 1. The lowest BCUT2D eigenvalue weighted by Crippen LogP contribution is -2.36. The van der Waals surface area contributed by atoms with E-state index < -0.39 is 10.0 Å². The number of sulfonamides is 1. The van der Waals surface area contributed by atoms with E-state index >= 15 is 0 Å². The topological polar surface area (TPSA) is 71.5 Å². The summed E-state index contributed by atoms with van der Waals surface area (Å²) in [4.78, 5) is 6.51. The largest absolute Gasteiger partial charge is 0.378 e. The Balaban J connectivity index is 1.79. The zero-order valence-electron chi connectivity index (χ0n) is 13.2. The lowest BCUT2D eigenvalue weighted by molar-refractivity contribution is 0.122. The van der Waals surface area contributed by atoms with Crippen molar-refractivity contribution in [1.29, 1.82) is 0 Å². The molecule has 1 aromatic carbocycles. The molecule has 24 heavy (non-hydrogen) atoms. The van der Waals surface area contributed by atoms with Gasteiger partial charge in [0.2, 0.25) is 0 Å². The molecular weight excluding hydrogens is 350 g/mol. The van der Waals surface area contributed by atoms with Gasteiger partial charge in [-0.15, -0.1) is 0 Å².